The van der Waals surface area contributed by atoms with Crippen LogP contribution in [0.25, 0.3) is 0 Å². The smallest absolute Gasteiger partial charge is 0.327 e. The number of hydrogen-bond donors (Lipinski definition) is 2. The molecule has 0 aliphatic carbocycles. The molecule has 0 spiro atoms. The standard InChI is InChI=1S/C17H20N2O6S/c1-17(2)12(16(22)23)19-14(21)10(15(19)26-17)18-13(20)8-6-5-7-9(24-3)11(8)25-4/h5-7,10,12,15H,1-4H3,(H,18,20)(H,22,23). The average Bonchev–Trinajstić information content (AvgIpc) is 2.86. The highest BCUT2D eigenvalue weighted by Crippen LogP contribution is 2.50. The van der Waals surface area contributed by atoms with Crippen molar-refractivity contribution in [1.82, 2.24) is 10.2 Å². The second kappa shape index (κ2) is 6.39. The number of carboxylic acids is 1. The summed E-state index contributed by atoms with van der Waals surface area (Å²) in [5.74, 6) is -1.23. The Labute approximate surface area is 154 Å². The quantitative estimate of drug-likeness (QED) is 0.733. The Kier molecular flexibility index (Phi) is 4.51. The number of ether oxygens (including phenoxy) is 2. The number of fused-ring (bicyclic) bond motifs is 1. The van der Waals surface area contributed by atoms with Crippen LogP contribution >= 0.6 is 11.8 Å². The number of carboxylic acid groups (broad SMARTS) is 1. The van der Waals surface area contributed by atoms with Crippen LogP contribution in [0.4, 0.5) is 0 Å². The van der Waals surface area contributed by atoms with Gasteiger partial charge < -0.3 is 24.8 Å². The second-order valence-electron chi connectivity index (χ2n) is 6.59. The first kappa shape index (κ1) is 18.4. The predicted molar refractivity (Wildman–Crippen MR) is 94.5 cm³/mol. The summed E-state index contributed by atoms with van der Waals surface area (Å²) in [6.45, 7) is 3.57. The zero-order valence-electron chi connectivity index (χ0n) is 14.8. The molecule has 3 atom stereocenters. The summed E-state index contributed by atoms with van der Waals surface area (Å²) < 4.78 is 9.79. The molecule has 2 saturated heterocycles. The summed E-state index contributed by atoms with van der Waals surface area (Å²) in [4.78, 5) is 38.0. The fourth-order valence-electron chi connectivity index (χ4n) is 3.43. The third-order valence-corrected chi connectivity index (χ3v) is 6.18. The summed E-state index contributed by atoms with van der Waals surface area (Å²) in [5.41, 5.74) is 0.246. The van der Waals surface area contributed by atoms with E-state index in [1.807, 2.05) is 0 Å². The van der Waals surface area contributed by atoms with Gasteiger partial charge in [-0.1, -0.05) is 6.07 Å². The van der Waals surface area contributed by atoms with E-state index in [9.17, 15) is 19.5 Å². The molecule has 26 heavy (non-hydrogen) atoms. The molecule has 1 aromatic carbocycles. The van der Waals surface area contributed by atoms with Crippen LogP contribution in [0.15, 0.2) is 18.2 Å². The summed E-state index contributed by atoms with van der Waals surface area (Å²) in [6, 6.07) is 3.21. The van der Waals surface area contributed by atoms with Gasteiger partial charge in [-0.15, -0.1) is 11.8 Å². The van der Waals surface area contributed by atoms with Gasteiger partial charge in [-0.05, 0) is 26.0 Å². The number of nitrogens with zero attached hydrogens (tertiary/aromatic N) is 1. The molecule has 3 rings (SSSR count). The monoisotopic (exact) mass is 380 g/mol. The van der Waals surface area contributed by atoms with Crippen LogP contribution in [0, 0.1) is 0 Å². The van der Waals surface area contributed by atoms with Crippen molar-refractivity contribution >= 4 is 29.5 Å². The Balaban J connectivity index is 1.81. The third-order valence-electron chi connectivity index (χ3n) is 4.61. The predicted octanol–water partition coefficient (Wildman–Crippen LogP) is 0.949. The van der Waals surface area contributed by atoms with Crippen LogP contribution in [0.1, 0.15) is 24.2 Å². The number of thioether (sulfide) groups is 1. The Hall–Kier alpha value is -2.42. The number of methoxy groups -OCH3 is 2. The Morgan fingerprint density at radius 1 is 1.27 bits per heavy atom. The molecule has 140 valence electrons. The van der Waals surface area contributed by atoms with Gasteiger partial charge in [-0.25, -0.2) is 4.79 Å². The van der Waals surface area contributed by atoms with Crippen LogP contribution in [-0.4, -0.2) is 64.2 Å². The maximum atomic E-state index is 12.7. The first-order chi connectivity index (χ1) is 12.2. The zero-order chi connectivity index (χ0) is 19.2. The van der Waals surface area contributed by atoms with Crippen molar-refractivity contribution in [3.8, 4) is 11.5 Å². The van der Waals surface area contributed by atoms with Gasteiger partial charge in [0.25, 0.3) is 5.91 Å². The van der Waals surface area contributed by atoms with Crippen molar-refractivity contribution in [1.29, 1.82) is 0 Å². The molecule has 0 aromatic heterocycles. The molecule has 1 aromatic rings. The molecule has 3 unspecified atom stereocenters. The molecule has 0 bridgehead atoms. The minimum atomic E-state index is -1.04. The summed E-state index contributed by atoms with van der Waals surface area (Å²) in [7, 11) is 2.90. The van der Waals surface area contributed by atoms with Gasteiger partial charge >= 0.3 is 5.97 Å². The highest BCUT2D eigenvalue weighted by molar-refractivity contribution is 8.01. The third kappa shape index (κ3) is 2.66. The zero-order valence-corrected chi connectivity index (χ0v) is 15.6. The van der Waals surface area contributed by atoms with Gasteiger partial charge in [0, 0.05) is 4.75 Å². The summed E-state index contributed by atoms with van der Waals surface area (Å²) in [5, 5.41) is 11.7. The lowest BCUT2D eigenvalue weighted by Crippen LogP contribution is -2.70. The lowest BCUT2D eigenvalue weighted by Gasteiger charge is -2.43. The van der Waals surface area contributed by atoms with E-state index in [4.69, 9.17) is 9.47 Å². The molecule has 2 aliphatic rings. The van der Waals surface area contributed by atoms with Crippen molar-refractivity contribution in [2.45, 2.75) is 36.1 Å². The van der Waals surface area contributed by atoms with Crippen LogP contribution in [0.3, 0.4) is 0 Å². The molecule has 8 nitrogen and oxygen atoms in total. The van der Waals surface area contributed by atoms with Gasteiger partial charge in [0.15, 0.2) is 11.5 Å². The minimum Gasteiger partial charge on any atom is -0.493 e. The Morgan fingerprint density at radius 3 is 2.54 bits per heavy atom. The maximum Gasteiger partial charge on any atom is 0.327 e. The number of rotatable bonds is 5. The first-order valence-corrected chi connectivity index (χ1v) is 8.85. The fourth-order valence-corrected chi connectivity index (χ4v) is 5.06. The molecule has 2 heterocycles. The molecule has 2 amide bonds. The SMILES string of the molecule is COc1cccc(C(=O)NC2C(=O)N3C2SC(C)(C)C3C(=O)O)c1OC. The number of hydrogen-bond acceptors (Lipinski definition) is 6. The van der Waals surface area contributed by atoms with Gasteiger partial charge in [0.05, 0.1) is 19.8 Å². The van der Waals surface area contributed by atoms with E-state index in [1.54, 1.807) is 32.0 Å². The van der Waals surface area contributed by atoms with Gasteiger partial charge in [0.1, 0.15) is 17.5 Å². The van der Waals surface area contributed by atoms with E-state index in [0.717, 1.165) is 0 Å². The van der Waals surface area contributed by atoms with E-state index in [2.05, 4.69) is 5.32 Å². The first-order valence-electron chi connectivity index (χ1n) is 7.97. The second-order valence-corrected chi connectivity index (χ2v) is 8.36. The number of carbonyl (C=O) groups is 3. The van der Waals surface area contributed by atoms with Gasteiger partial charge in [-0.3, -0.25) is 9.59 Å². The Bertz CT molecular complexity index is 781. The molecule has 9 heteroatoms. The van der Waals surface area contributed by atoms with E-state index in [-0.39, 0.29) is 11.3 Å². The number of nitrogens with one attached hydrogen (secondary N) is 1. The van der Waals surface area contributed by atoms with Gasteiger partial charge in [0.2, 0.25) is 5.91 Å². The van der Waals surface area contributed by atoms with Crippen LogP contribution in [-0.2, 0) is 9.59 Å². The number of amides is 2. The molecule has 0 saturated carbocycles. The van der Waals surface area contributed by atoms with E-state index in [1.165, 1.54) is 30.9 Å². The van der Waals surface area contributed by atoms with Gasteiger partial charge in [-0.2, -0.15) is 0 Å². The van der Waals surface area contributed by atoms with Crippen molar-refractivity contribution in [3.05, 3.63) is 23.8 Å². The highest BCUT2D eigenvalue weighted by atomic mass is 32.2. The molecule has 0 radical (unpaired) electrons. The fraction of sp³-hybridized carbons (Fsp3) is 0.471. The van der Waals surface area contributed by atoms with Crippen molar-refractivity contribution in [2.75, 3.05) is 14.2 Å². The molecule has 2 N–H and O–H groups in total. The highest BCUT2D eigenvalue weighted by Gasteiger charge is 2.64. The molecular weight excluding hydrogens is 360 g/mol. The van der Waals surface area contributed by atoms with E-state index in [0.29, 0.717) is 5.75 Å². The van der Waals surface area contributed by atoms with Crippen LogP contribution in [0.2, 0.25) is 0 Å². The topological polar surface area (TPSA) is 105 Å². The Morgan fingerprint density at radius 2 is 1.96 bits per heavy atom. The van der Waals surface area contributed by atoms with Crippen LogP contribution in [0.5, 0.6) is 11.5 Å². The van der Waals surface area contributed by atoms with Crippen LogP contribution < -0.4 is 14.8 Å². The molecular formula is C17H20N2O6S. The van der Waals surface area contributed by atoms with E-state index < -0.39 is 40.0 Å². The number of carbonyl (C=O) groups excluding carboxylic acids is 2. The number of β-lactam (4-membered cyclic amide) rings is 1. The van der Waals surface area contributed by atoms with Crippen molar-refractivity contribution < 1.29 is 29.0 Å². The van der Waals surface area contributed by atoms with Crippen molar-refractivity contribution in [2.24, 2.45) is 0 Å². The summed E-state index contributed by atoms with van der Waals surface area (Å²) >= 11 is 1.37. The number of benzene rings is 1. The average molecular weight is 380 g/mol. The molecule has 2 aliphatic heterocycles. The number of aliphatic carboxylic acids is 1. The summed E-state index contributed by atoms with van der Waals surface area (Å²) in [6.07, 6.45) is 0. The lowest BCUT2D eigenvalue weighted by atomic mass is 9.96. The normalized spacial score (nSPS) is 25.9. The lowest BCUT2D eigenvalue weighted by molar-refractivity contribution is -0.159. The molecule has 2 fully saturated rings. The van der Waals surface area contributed by atoms with Crippen molar-refractivity contribution in [3.63, 3.8) is 0 Å². The number of para-hydroxylation sites is 1. The minimum absolute atomic E-state index is 0.246. The van der Waals surface area contributed by atoms with E-state index >= 15 is 0 Å². The largest absolute Gasteiger partial charge is 0.493 e. The maximum absolute atomic E-state index is 12.7.